The normalized spacial score (nSPS) is 47.5. The van der Waals surface area contributed by atoms with Crippen LogP contribution in [0.15, 0.2) is 0 Å². The SMILES string of the molecule is C[C@@H]1OCC[C@@]12CC[C@@H](CO)O2. The average molecular weight is 172 g/mol. The lowest BCUT2D eigenvalue weighted by Crippen LogP contribution is -2.36. The van der Waals surface area contributed by atoms with Crippen LogP contribution in [0.2, 0.25) is 0 Å². The van der Waals surface area contributed by atoms with Crippen molar-refractivity contribution in [2.75, 3.05) is 13.2 Å². The van der Waals surface area contributed by atoms with Crippen molar-refractivity contribution in [1.29, 1.82) is 0 Å². The smallest absolute Gasteiger partial charge is 0.0967 e. The molecular weight excluding hydrogens is 156 g/mol. The van der Waals surface area contributed by atoms with E-state index in [9.17, 15) is 0 Å². The van der Waals surface area contributed by atoms with Crippen LogP contribution in [0.4, 0.5) is 0 Å². The van der Waals surface area contributed by atoms with Gasteiger partial charge in [0.15, 0.2) is 0 Å². The van der Waals surface area contributed by atoms with Gasteiger partial charge in [-0.1, -0.05) is 0 Å². The molecular formula is C9H16O3. The van der Waals surface area contributed by atoms with Crippen LogP contribution in [0.25, 0.3) is 0 Å². The summed E-state index contributed by atoms with van der Waals surface area (Å²) in [6, 6.07) is 0. The van der Waals surface area contributed by atoms with Gasteiger partial charge in [0.2, 0.25) is 0 Å². The molecule has 3 atom stereocenters. The van der Waals surface area contributed by atoms with Crippen molar-refractivity contribution in [2.24, 2.45) is 0 Å². The van der Waals surface area contributed by atoms with Crippen molar-refractivity contribution in [3.8, 4) is 0 Å². The predicted molar refractivity (Wildman–Crippen MR) is 44.0 cm³/mol. The van der Waals surface area contributed by atoms with Gasteiger partial charge in [0.05, 0.1) is 24.4 Å². The first kappa shape index (κ1) is 8.48. The number of hydrogen-bond acceptors (Lipinski definition) is 3. The zero-order chi connectivity index (χ0) is 8.60. The van der Waals surface area contributed by atoms with Gasteiger partial charge in [0.1, 0.15) is 0 Å². The minimum absolute atomic E-state index is 0.0501. The van der Waals surface area contributed by atoms with Crippen LogP contribution < -0.4 is 0 Å². The number of rotatable bonds is 1. The summed E-state index contributed by atoms with van der Waals surface area (Å²) in [7, 11) is 0. The maximum atomic E-state index is 8.93. The molecule has 2 saturated heterocycles. The molecule has 0 saturated carbocycles. The molecule has 2 aliphatic rings. The highest BCUT2D eigenvalue weighted by molar-refractivity contribution is 4.96. The topological polar surface area (TPSA) is 38.7 Å². The molecule has 2 heterocycles. The molecule has 0 amide bonds. The van der Waals surface area contributed by atoms with Crippen LogP contribution in [0.5, 0.6) is 0 Å². The third-order valence-electron chi connectivity index (χ3n) is 3.13. The van der Waals surface area contributed by atoms with E-state index in [0.717, 1.165) is 25.9 Å². The molecule has 0 radical (unpaired) electrons. The van der Waals surface area contributed by atoms with Gasteiger partial charge in [-0.05, 0) is 19.8 Å². The Bertz CT molecular complexity index is 171. The van der Waals surface area contributed by atoms with Gasteiger partial charge in [-0.15, -0.1) is 0 Å². The number of hydrogen-bond donors (Lipinski definition) is 1. The summed E-state index contributed by atoms with van der Waals surface area (Å²) in [6.07, 6.45) is 3.26. The fraction of sp³-hybridized carbons (Fsp3) is 1.00. The van der Waals surface area contributed by atoms with E-state index in [1.54, 1.807) is 0 Å². The molecule has 0 bridgehead atoms. The first-order valence-electron chi connectivity index (χ1n) is 4.67. The molecule has 0 aliphatic carbocycles. The van der Waals surface area contributed by atoms with Gasteiger partial charge in [-0.25, -0.2) is 0 Å². The number of aliphatic hydroxyl groups excluding tert-OH is 1. The van der Waals surface area contributed by atoms with Crippen LogP contribution in [-0.2, 0) is 9.47 Å². The fourth-order valence-corrected chi connectivity index (χ4v) is 2.23. The first-order valence-corrected chi connectivity index (χ1v) is 4.67. The third kappa shape index (κ3) is 1.16. The molecule has 2 fully saturated rings. The Kier molecular flexibility index (Phi) is 2.10. The van der Waals surface area contributed by atoms with Gasteiger partial charge >= 0.3 is 0 Å². The Hall–Kier alpha value is -0.120. The van der Waals surface area contributed by atoms with Crippen molar-refractivity contribution in [2.45, 2.75) is 44.0 Å². The van der Waals surface area contributed by atoms with Crippen LogP contribution in [0.3, 0.4) is 0 Å². The molecule has 0 unspecified atom stereocenters. The van der Waals surface area contributed by atoms with E-state index in [-0.39, 0.29) is 24.4 Å². The van der Waals surface area contributed by atoms with E-state index in [1.165, 1.54) is 0 Å². The molecule has 70 valence electrons. The van der Waals surface area contributed by atoms with E-state index in [4.69, 9.17) is 14.6 Å². The first-order chi connectivity index (χ1) is 5.77. The quantitative estimate of drug-likeness (QED) is 0.633. The Labute approximate surface area is 72.7 Å². The van der Waals surface area contributed by atoms with Crippen molar-refractivity contribution in [3.63, 3.8) is 0 Å². The average Bonchev–Trinajstić information content (AvgIpc) is 2.63. The summed E-state index contributed by atoms with van der Waals surface area (Å²) in [6.45, 7) is 3.01. The Morgan fingerprint density at radius 1 is 1.50 bits per heavy atom. The second-order valence-corrected chi connectivity index (χ2v) is 3.79. The summed E-state index contributed by atoms with van der Waals surface area (Å²) < 4.78 is 11.3. The molecule has 1 N–H and O–H groups in total. The van der Waals surface area contributed by atoms with Crippen LogP contribution in [0.1, 0.15) is 26.2 Å². The van der Waals surface area contributed by atoms with Crippen molar-refractivity contribution >= 4 is 0 Å². The Morgan fingerprint density at radius 2 is 2.33 bits per heavy atom. The van der Waals surface area contributed by atoms with E-state index in [0.29, 0.717) is 0 Å². The summed E-state index contributed by atoms with van der Waals surface area (Å²) in [5.41, 5.74) is -0.0621. The Balaban J connectivity index is 2.04. The molecule has 2 rings (SSSR count). The van der Waals surface area contributed by atoms with Gasteiger partial charge in [-0.2, -0.15) is 0 Å². The highest BCUT2D eigenvalue weighted by Gasteiger charge is 2.47. The summed E-state index contributed by atoms with van der Waals surface area (Å²) in [5.74, 6) is 0. The van der Waals surface area contributed by atoms with E-state index in [1.807, 2.05) is 0 Å². The Morgan fingerprint density at radius 3 is 2.83 bits per heavy atom. The fourth-order valence-electron chi connectivity index (χ4n) is 2.23. The highest BCUT2D eigenvalue weighted by atomic mass is 16.6. The summed E-state index contributed by atoms with van der Waals surface area (Å²) >= 11 is 0. The van der Waals surface area contributed by atoms with Crippen LogP contribution >= 0.6 is 0 Å². The summed E-state index contributed by atoms with van der Waals surface area (Å²) in [5, 5.41) is 8.93. The lowest BCUT2D eigenvalue weighted by atomic mass is 9.93. The monoisotopic (exact) mass is 172 g/mol. The molecule has 0 aromatic heterocycles. The minimum Gasteiger partial charge on any atom is -0.394 e. The maximum absolute atomic E-state index is 8.93. The third-order valence-corrected chi connectivity index (χ3v) is 3.13. The second kappa shape index (κ2) is 2.98. The second-order valence-electron chi connectivity index (χ2n) is 3.79. The molecule has 3 nitrogen and oxygen atoms in total. The lowest BCUT2D eigenvalue weighted by molar-refractivity contribution is -0.0898. The summed E-state index contributed by atoms with van der Waals surface area (Å²) in [4.78, 5) is 0. The van der Waals surface area contributed by atoms with Crippen molar-refractivity contribution in [3.05, 3.63) is 0 Å². The molecule has 1 spiro atoms. The zero-order valence-corrected chi connectivity index (χ0v) is 7.45. The van der Waals surface area contributed by atoms with Crippen LogP contribution in [-0.4, -0.2) is 36.1 Å². The lowest BCUT2D eigenvalue weighted by Gasteiger charge is -2.26. The highest BCUT2D eigenvalue weighted by Crippen LogP contribution is 2.40. The number of ether oxygens (including phenoxy) is 2. The maximum Gasteiger partial charge on any atom is 0.0967 e. The molecule has 12 heavy (non-hydrogen) atoms. The van der Waals surface area contributed by atoms with Gasteiger partial charge in [0.25, 0.3) is 0 Å². The zero-order valence-electron chi connectivity index (χ0n) is 7.45. The standard InChI is InChI=1S/C9H16O3/c1-7-9(4-5-11-7)3-2-8(6-10)12-9/h7-8,10H,2-6H2,1H3/t7-,8-,9-/m0/s1. The van der Waals surface area contributed by atoms with Gasteiger partial charge < -0.3 is 14.6 Å². The minimum atomic E-state index is -0.0621. The van der Waals surface area contributed by atoms with Crippen molar-refractivity contribution in [1.82, 2.24) is 0 Å². The van der Waals surface area contributed by atoms with E-state index < -0.39 is 0 Å². The van der Waals surface area contributed by atoms with Gasteiger partial charge in [-0.3, -0.25) is 0 Å². The molecule has 0 aromatic rings. The number of aliphatic hydroxyl groups is 1. The van der Waals surface area contributed by atoms with Gasteiger partial charge in [0, 0.05) is 13.0 Å². The predicted octanol–water partition coefficient (Wildman–Crippen LogP) is 0.705. The van der Waals surface area contributed by atoms with Crippen LogP contribution in [0, 0.1) is 0 Å². The molecule has 0 aromatic carbocycles. The van der Waals surface area contributed by atoms with Crippen molar-refractivity contribution < 1.29 is 14.6 Å². The largest absolute Gasteiger partial charge is 0.394 e. The van der Waals surface area contributed by atoms with E-state index >= 15 is 0 Å². The molecule has 3 heteroatoms. The van der Waals surface area contributed by atoms with E-state index in [2.05, 4.69) is 6.92 Å². The molecule has 2 aliphatic heterocycles.